The number of aromatic nitrogens is 1. The Morgan fingerprint density at radius 1 is 1.88 bits per heavy atom. The van der Waals surface area contributed by atoms with Crippen molar-refractivity contribution in [3.05, 3.63) is 23.0 Å². The first-order valence-corrected chi connectivity index (χ1v) is 3.41. The third-order valence-electron chi connectivity index (χ3n) is 0.904. The zero-order valence-corrected chi connectivity index (χ0v) is 5.66. The Hall–Kier alpha value is -0.370. The molecule has 0 saturated carbocycles. The highest BCUT2D eigenvalue weighted by Gasteiger charge is 1.91. The normalized spacial score (nSPS) is 9.75. The zero-order valence-electron chi connectivity index (χ0n) is 4.85. The Kier molecular flexibility index (Phi) is 1.63. The van der Waals surface area contributed by atoms with E-state index in [0.717, 1.165) is 11.3 Å². The van der Waals surface area contributed by atoms with Crippen molar-refractivity contribution >= 4 is 11.3 Å². The average Bonchev–Trinajstić information content (AvgIpc) is 2.14. The summed E-state index contributed by atoms with van der Waals surface area (Å²) >= 11 is 1.67. The van der Waals surface area contributed by atoms with E-state index in [1.165, 1.54) is 5.01 Å². The number of hydrogen-bond donors (Lipinski definition) is 0. The van der Waals surface area contributed by atoms with Crippen LogP contribution in [0, 0.1) is 6.92 Å². The summed E-state index contributed by atoms with van der Waals surface area (Å²) in [5, 5.41) is 1.18. The maximum absolute atomic E-state index is 4.09. The van der Waals surface area contributed by atoms with Gasteiger partial charge in [-0.2, -0.15) is 0 Å². The van der Waals surface area contributed by atoms with E-state index in [0.29, 0.717) is 0 Å². The third-order valence-corrected chi connectivity index (χ3v) is 1.90. The van der Waals surface area contributed by atoms with Gasteiger partial charge in [-0.05, 0) is 13.3 Å². The summed E-state index contributed by atoms with van der Waals surface area (Å²) in [6, 6.07) is 0. The van der Waals surface area contributed by atoms with Gasteiger partial charge in [0.15, 0.2) is 0 Å². The first-order chi connectivity index (χ1) is 3.83. The molecule has 1 heterocycles. The molecule has 0 aliphatic heterocycles. The second-order valence-corrected chi connectivity index (χ2v) is 2.77. The van der Waals surface area contributed by atoms with E-state index >= 15 is 0 Å². The lowest BCUT2D eigenvalue weighted by atomic mass is 10.5. The van der Waals surface area contributed by atoms with Crippen molar-refractivity contribution in [1.82, 2.24) is 4.98 Å². The van der Waals surface area contributed by atoms with Gasteiger partial charge in [0, 0.05) is 11.1 Å². The van der Waals surface area contributed by atoms with Crippen molar-refractivity contribution in [3.63, 3.8) is 0 Å². The first kappa shape index (κ1) is 5.76. The molecule has 1 nitrogen and oxygen atoms in total. The molecule has 0 atom stereocenters. The molecular formula is C6H8NS. The average molecular weight is 126 g/mol. The topological polar surface area (TPSA) is 12.9 Å². The van der Waals surface area contributed by atoms with Crippen LogP contribution in [0.15, 0.2) is 6.20 Å². The van der Waals surface area contributed by atoms with Crippen molar-refractivity contribution in [2.45, 2.75) is 13.3 Å². The molecule has 0 unspecified atom stereocenters. The summed E-state index contributed by atoms with van der Waals surface area (Å²) < 4.78 is 0. The highest BCUT2D eigenvalue weighted by atomic mass is 32.1. The van der Waals surface area contributed by atoms with E-state index in [1.807, 2.05) is 6.20 Å². The molecule has 2 heteroatoms. The summed E-state index contributed by atoms with van der Waals surface area (Å²) in [6.45, 7) is 5.84. The van der Waals surface area contributed by atoms with Crippen LogP contribution in [0.4, 0.5) is 0 Å². The van der Waals surface area contributed by atoms with Crippen LogP contribution in [0.1, 0.15) is 16.8 Å². The maximum Gasteiger partial charge on any atom is 0.0924 e. The molecule has 0 bridgehead atoms. The van der Waals surface area contributed by atoms with Gasteiger partial charge in [0.25, 0.3) is 0 Å². The van der Waals surface area contributed by atoms with E-state index in [2.05, 4.69) is 18.8 Å². The summed E-state index contributed by atoms with van der Waals surface area (Å²) in [4.78, 5) is 5.15. The second-order valence-electron chi connectivity index (χ2n) is 1.57. The summed E-state index contributed by atoms with van der Waals surface area (Å²) in [6.07, 6.45) is 2.84. The maximum atomic E-state index is 4.09. The number of rotatable bonds is 1. The van der Waals surface area contributed by atoms with E-state index in [9.17, 15) is 0 Å². The SMILES string of the molecule is [CH2]c1cnc(CC)s1. The van der Waals surface area contributed by atoms with Crippen molar-refractivity contribution in [2.75, 3.05) is 0 Å². The minimum atomic E-state index is 1.03. The minimum absolute atomic E-state index is 1.03. The van der Waals surface area contributed by atoms with Gasteiger partial charge in [-0.3, -0.25) is 0 Å². The number of hydrogen-bond acceptors (Lipinski definition) is 2. The highest BCUT2D eigenvalue weighted by molar-refractivity contribution is 7.11. The Morgan fingerprint density at radius 2 is 2.62 bits per heavy atom. The molecular weight excluding hydrogens is 118 g/mol. The molecule has 0 amide bonds. The molecule has 0 spiro atoms. The van der Waals surface area contributed by atoms with Crippen LogP contribution in [-0.2, 0) is 6.42 Å². The Morgan fingerprint density at radius 3 is 2.88 bits per heavy atom. The first-order valence-electron chi connectivity index (χ1n) is 2.59. The van der Waals surface area contributed by atoms with Crippen molar-refractivity contribution in [1.29, 1.82) is 0 Å². The van der Waals surface area contributed by atoms with Gasteiger partial charge >= 0.3 is 0 Å². The third kappa shape index (κ3) is 1.07. The monoisotopic (exact) mass is 126 g/mol. The largest absolute Gasteiger partial charge is 0.249 e. The molecule has 0 fully saturated rings. The van der Waals surface area contributed by atoms with Crippen LogP contribution in [0.3, 0.4) is 0 Å². The highest BCUT2D eigenvalue weighted by Crippen LogP contribution is 2.10. The van der Waals surface area contributed by atoms with Crippen molar-refractivity contribution in [3.8, 4) is 0 Å². The fourth-order valence-corrected chi connectivity index (χ4v) is 1.17. The summed E-state index contributed by atoms with van der Waals surface area (Å²) in [5.74, 6) is 0. The molecule has 0 aliphatic carbocycles. The lowest BCUT2D eigenvalue weighted by Crippen LogP contribution is -1.70. The van der Waals surface area contributed by atoms with Crippen molar-refractivity contribution in [2.24, 2.45) is 0 Å². The number of aryl methyl sites for hydroxylation is 1. The standard InChI is InChI=1S/C6H8NS/c1-3-6-7-4-5(2)8-6/h4H,2-3H2,1H3. The predicted octanol–water partition coefficient (Wildman–Crippen LogP) is 1.89. The van der Waals surface area contributed by atoms with Crippen molar-refractivity contribution < 1.29 is 0 Å². The zero-order chi connectivity index (χ0) is 5.98. The van der Waals surface area contributed by atoms with E-state index in [-0.39, 0.29) is 0 Å². The molecule has 0 aliphatic rings. The predicted molar refractivity (Wildman–Crippen MR) is 36.0 cm³/mol. The number of thiazole rings is 1. The Balaban J connectivity index is 2.84. The Labute approximate surface area is 53.4 Å². The van der Waals surface area contributed by atoms with E-state index in [4.69, 9.17) is 0 Å². The molecule has 1 radical (unpaired) electrons. The molecule has 0 aromatic carbocycles. The summed E-state index contributed by atoms with van der Waals surface area (Å²) in [5.41, 5.74) is 0. The molecule has 0 saturated heterocycles. The Bertz CT molecular complexity index is 169. The lowest BCUT2D eigenvalue weighted by molar-refractivity contribution is 1.09. The molecule has 1 aromatic heterocycles. The van der Waals surface area contributed by atoms with E-state index in [1.54, 1.807) is 11.3 Å². The molecule has 1 rings (SSSR count). The van der Waals surface area contributed by atoms with Crippen LogP contribution in [0.25, 0.3) is 0 Å². The van der Waals surface area contributed by atoms with E-state index < -0.39 is 0 Å². The summed E-state index contributed by atoms with van der Waals surface area (Å²) in [7, 11) is 0. The van der Waals surface area contributed by atoms with Crippen LogP contribution in [0.2, 0.25) is 0 Å². The number of nitrogens with zero attached hydrogens (tertiary/aromatic N) is 1. The van der Waals surface area contributed by atoms with Crippen LogP contribution >= 0.6 is 11.3 Å². The van der Waals surface area contributed by atoms with Crippen LogP contribution in [-0.4, -0.2) is 4.98 Å². The van der Waals surface area contributed by atoms with Crippen LogP contribution in [0.5, 0.6) is 0 Å². The van der Waals surface area contributed by atoms with Gasteiger partial charge in [0.2, 0.25) is 0 Å². The van der Waals surface area contributed by atoms with Gasteiger partial charge in [0.05, 0.1) is 5.01 Å². The van der Waals surface area contributed by atoms with Gasteiger partial charge in [-0.25, -0.2) is 4.98 Å². The van der Waals surface area contributed by atoms with Gasteiger partial charge in [-0.15, -0.1) is 11.3 Å². The smallest absolute Gasteiger partial charge is 0.0924 e. The fraction of sp³-hybridized carbons (Fsp3) is 0.333. The molecule has 8 heavy (non-hydrogen) atoms. The quantitative estimate of drug-likeness (QED) is 0.560. The van der Waals surface area contributed by atoms with Crippen LogP contribution < -0.4 is 0 Å². The van der Waals surface area contributed by atoms with Gasteiger partial charge < -0.3 is 0 Å². The molecule has 1 aromatic rings. The second kappa shape index (κ2) is 2.27. The molecule has 0 N–H and O–H groups in total. The minimum Gasteiger partial charge on any atom is -0.249 e. The van der Waals surface area contributed by atoms with Gasteiger partial charge in [0.1, 0.15) is 0 Å². The lowest BCUT2D eigenvalue weighted by Gasteiger charge is -1.78. The fourth-order valence-electron chi connectivity index (χ4n) is 0.511. The molecule has 43 valence electrons. The van der Waals surface area contributed by atoms with Gasteiger partial charge in [-0.1, -0.05) is 6.92 Å².